The van der Waals surface area contributed by atoms with Gasteiger partial charge in [0.25, 0.3) is 0 Å². The van der Waals surface area contributed by atoms with Gasteiger partial charge in [-0.3, -0.25) is 0 Å². The van der Waals surface area contributed by atoms with Crippen LogP contribution in [0.1, 0.15) is 25.6 Å². The molecule has 3 aromatic heterocycles. The van der Waals surface area contributed by atoms with Crippen LogP contribution >= 0.6 is 11.8 Å². The van der Waals surface area contributed by atoms with E-state index in [0.29, 0.717) is 17.3 Å². The van der Waals surface area contributed by atoms with Gasteiger partial charge in [-0.1, -0.05) is 25.1 Å². The molecule has 0 N–H and O–H groups in total. The molecular weight excluding hydrogens is 302 g/mol. The highest BCUT2D eigenvalue weighted by Gasteiger charge is 2.14. The summed E-state index contributed by atoms with van der Waals surface area (Å²) in [6.07, 6.45) is 3.80. The van der Waals surface area contributed by atoms with Gasteiger partial charge < -0.3 is 8.98 Å². The van der Waals surface area contributed by atoms with Gasteiger partial charge in [0.1, 0.15) is 0 Å². The van der Waals surface area contributed by atoms with Crippen LogP contribution in [0.25, 0.3) is 11.6 Å². The second-order valence-electron chi connectivity index (χ2n) is 4.80. The second kappa shape index (κ2) is 6.73. The molecule has 0 bridgehead atoms. The highest BCUT2D eigenvalue weighted by molar-refractivity contribution is 7.98. The maximum Gasteiger partial charge on any atom is 0.200 e. The van der Waals surface area contributed by atoms with Crippen molar-refractivity contribution in [3.63, 3.8) is 0 Å². The Morgan fingerprint density at radius 1 is 1.27 bits per heavy atom. The van der Waals surface area contributed by atoms with E-state index in [1.54, 1.807) is 18.0 Å². The van der Waals surface area contributed by atoms with Gasteiger partial charge in [-0.2, -0.15) is 0 Å². The number of hydrogen-bond acceptors (Lipinski definition) is 7. The zero-order chi connectivity index (χ0) is 15.4. The van der Waals surface area contributed by atoms with Gasteiger partial charge >= 0.3 is 0 Å². The van der Waals surface area contributed by atoms with E-state index in [1.807, 2.05) is 28.4 Å². The predicted octanol–water partition coefficient (Wildman–Crippen LogP) is 2.15. The largest absolute Gasteiger partial charge is 0.461 e. The minimum absolute atomic E-state index is 0.654. The summed E-state index contributed by atoms with van der Waals surface area (Å²) in [5, 5.41) is 21.0. The van der Waals surface area contributed by atoms with Crippen molar-refractivity contribution in [3.05, 3.63) is 24.2 Å². The lowest BCUT2D eigenvalue weighted by Crippen LogP contribution is -2.05. The van der Waals surface area contributed by atoms with E-state index in [1.165, 1.54) is 0 Å². The molecule has 0 aliphatic carbocycles. The Morgan fingerprint density at radius 2 is 2.18 bits per heavy atom. The summed E-state index contributed by atoms with van der Waals surface area (Å²) in [7, 11) is 1.92. The van der Waals surface area contributed by atoms with Crippen LogP contribution in [0.4, 0.5) is 0 Å². The topological polar surface area (TPSA) is 87.4 Å². The molecule has 0 aliphatic rings. The Balaban J connectivity index is 1.69. The lowest BCUT2D eigenvalue weighted by atomic mass is 10.3. The van der Waals surface area contributed by atoms with Crippen LogP contribution in [-0.4, -0.2) is 35.0 Å². The third-order valence-corrected chi connectivity index (χ3v) is 4.25. The van der Waals surface area contributed by atoms with Crippen molar-refractivity contribution in [1.29, 1.82) is 0 Å². The van der Waals surface area contributed by atoms with Gasteiger partial charge in [0.15, 0.2) is 22.6 Å². The number of thioether (sulfide) groups is 1. The van der Waals surface area contributed by atoms with Gasteiger partial charge in [-0.05, 0) is 29.0 Å². The first kappa shape index (κ1) is 14.8. The Kier molecular flexibility index (Phi) is 4.52. The number of aryl methyl sites for hydroxylation is 1. The molecule has 116 valence electrons. The molecule has 8 nitrogen and oxygen atoms in total. The second-order valence-corrected chi connectivity index (χ2v) is 5.75. The Bertz CT molecular complexity index is 719. The van der Waals surface area contributed by atoms with Crippen molar-refractivity contribution in [2.45, 2.75) is 37.2 Å². The molecule has 3 heterocycles. The van der Waals surface area contributed by atoms with Crippen LogP contribution in [0.15, 0.2) is 28.0 Å². The summed E-state index contributed by atoms with van der Waals surface area (Å²) in [6, 6.07) is 3.70. The highest BCUT2D eigenvalue weighted by atomic mass is 32.2. The molecule has 0 atom stereocenters. The number of aromatic nitrogens is 7. The first-order chi connectivity index (χ1) is 10.8. The third-order valence-electron chi connectivity index (χ3n) is 3.24. The Morgan fingerprint density at radius 3 is 2.95 bits per heavy atom. The Hall–Kier alpha value is -2.16. The van der Waals surface area contributed by atoms with E-state index in [9.17, 15) is 0 Å². The molecule has 0 amide bonds. The SMILES string of the molecule is CCCCn1nnnc1CSc1nnc(-c2ccco2)n1C. The van der Waals surface area contributed by atoms with E-state index < -0.39 is 0 Å². The zero-order valence-corrected chi connectivity index (χ0v) is 13.3. The summed E-state index contributed by atoms with van der Waals surface area (Å²) < 4.78 is 9.11. The summed E-state index contributed by atoms with van der Waals surface area (Å²) >= 11 is 1.55. The molecule has 22 heavy (non-hydrogen) atoms. The van der Waals surface area contributed by atoms with Crippen LogP contribution in [0.2, 0.25) is 0 Å². The monoisotopic (exact) mass is 319 g/mol. The van der Waals surface area contributed by atoms with E-state index in [-0.39, 0.29) is 0 Å². The van der Waals surface area contributed by atoms with E-state index >= 15 is 0 Å². The lowest BCUT2D eigenvalue weighted by Gasteiger charge is -2.03. The smallest absolute Gasteiger partial charge is 0.200 e. The van der Waals surface area contributed by atoms with Crippen molar-refractivity contribution in [3.8, 4) is 11.6 Å². The summed E-state index contributed by atoms with van der Waals surface area (Å²) in [6.45, 7) is 2.99. The van der Waals surface area contributed by atoms with E-state index in [2.05, 4.69) is 32.6 Å². The van der Waals surface area contributed by atoms with Gasteiger partial charge in [0, 0.05) is 13.6 Å². The van der Waals surface area contributed by atoms with Crippen LogP contribution in [0.5, 0.6) is 0 Å². The van der Waals surface area contributed by atoms with Crippen LogP contribution in [0.3, 0.4) is 0 Å². The molecule has 0 spiro atoms. The van der Waals surface area contributed by atoms with Crippen LogP contribution < -0.4 is 0 Å². The average molecular weight is 319 g/mol. The van der Waals surface area contributed by atoms with E-state index in [0.717, 1.165) is 30.4 Å². The number of unbranched alkanes of at least 4 members (excludes halogenated alkanes) is 1. The minimum atomic E-state index is 0.654. The van der Waals surface area contributed by atoms with Gasteiger partial charge in [-0.25, -0.2) is 4.68 Å². The first-order valence-electron chi connectivity index (χ1n) is 7.10. The summed E-state index contributed by atoms with van der Waals surface area (Å²) in [4.78, 5) is 0. The molecule has 3 aromatic rings. The molecule has 0 saturated heterocycles. The average Bonchev–Trinajstić information content (AvgIpc) is 3.24. The maximum absolute atomic E-state index is 5.36. The number of tetrazole rings is 1. The summed E-state index contributed by atoms with van der Waals surface area (Å²) in [5.41, 5.74) is 0. The fourth-order valence-electron chi connectivity index (χ4n) is 2.00. The number of nitrogens with zero attached hydrogens (tertiary/aromatic N) is 7. The number of hydrogen-bond donors (Lipinski definition) is 0. The normalized spacial score (nSPS) is 11.2. The van der Waals surface area contributed by atoms with Crippen molar-refractivity contribution >= 4 is 11.8 Å². The van der Waals surface area contributed by atoms with E-state index in [4.69, 9.17) is 4.42 Å². The van der Waals surface area contributed by atoms with Crippen molar-refractivity contribution in [2.75, 3.05) is 0 Å². The minimum Gasteiger partial charge on any atom is -0.461 e. The van der Waals surface area contributed by atoms with Gasteiger partial charge in [0.2, 0.25) is 0 Å². The van der Waals surface area contributed by atoms with Gasteiger partial charge in [0.05, 0.1) is 12.0 Å². The van der Waals surface area contributed by atoms with Crippen molar-refractivity contribution in [1.82, 2.24) is 35.0 Å². The first-order valence-corrected chi connectivity index (χ1v) is 8.09. The van der Waals surface area contributed by atoms with Gasteiger partial charge in [-0.15, -0.1) is 15.3 Å². The fraction of sp³-hybridized carbons (Fsp3) is 0.462. The highest BCUT2D eigenvalue weighted by Crippen LogP contribution is 2.24. The van der Waals surface area contributed by atoms with Crippen molar-refractivity contribution < 1.29 is 4.42 Å². The lowest BCUT2D eigenvalue weighted by molar-refractivity contribution is 0.540. The quantitative estimate of drug-likeness (QED) is 0.617. The van der Waals surface area contributed by atoms with Crippen LogP contribution in [0, 0.1) is 0 Å². The fourth-order valence-corrected chi connectivity index (χ4v) is 2.84. The Labute approximate surface area is 131 Å². The molecule has 0 aromatic carbocycles. The van der Waals surface area contributed by atoms with Crippen molar-refractivity contribution in [2.24, 2.45) is 7.05 Å². The summed E-state index contributed by atoms with van der Waals surface area (Å²) in [5.74, 6) is 2.91. The maximum atomic E-state index is 5.36. The molecule has 0 unspecified atom stereocenters. The number of furan rings is 1. The molecule has 9 heteroatoms. The molecule has 0 saturated carbocycles. The third kappa shape index (κ3) is 3.03. The molecule has 3 rings (SSSR count). The molecule has 0 radical (unpaired) electrons. The van der Waals surface area contributed by atoms with Crippen LogP contribution in [-0.2, 0) is 19.3 Å². The standard InChI is InChI=1S/C13H17N7OS/c1-3-4-7-20-11(14-17-18-20)9-22-13-16-15-12(19(13)2)10-6-5-8-21-10/h5-6,8H,3-4,7,9H2,1-2H3. The zero-order valence-electron chi connectivity index (χ0n) is 12.5. The molecule has 0 aliphatic heterocycles. The molecule has 0 fully saturated rings. The number of rotatable bonds is 7. The molecular formula is C13H17N7OS. The predicted molar refractivity (Wildman–Crippen MR) is 81.0 cm³/mol.